The standard InChI is InChI=1S/C13H17N3O4S/c14-11(13(17)18)8-21(19,20)15-6-5-10-7-9-3-1-2-4-12(9)16-10/h1-4,7,11,15-16H,5-6,8,14H2,(H,17,18)/t11-/m0/s1. The number of sulfonamides is 1. The minimum Gasteiger partial charge on any atom is -0.480 e. The smallest absolute Gasteiger partial charge is 0.321 e. The molecule has 8 heteroatoms. The van der Waals surface area contributed by atoms with E-state index in [2.05, 4.69) is 9.71 Å². The average Bonchev–Trinajstić information content (AvgIpc) is 2.80. The zero-order chi connectivity index (χ0) is 15.5. The summed E-state index contributed by atoms with van der Waals surface area (Å²) in [4.78, 5) is 13.7. The van der Waals surface area contributed by atoms with Crippen molar-refractivity contribution in [1.82, 2.24) is 9.71 Å². The molecule has 0 saturated carbocycles. The summed E-state index contributed by atoms with van der Waals surface area (Å²) in [5, 5.41) is 9.67. The molecule has 2 aromatic rings. The van der Waals surface area contributed by atoms with Gasteiger partial charge in [0, 0.05) is 24.2 Å². The van der Waals surface area contributed by atoms with Crippen molar-refractivity contribution in [2.75, 3.05) is 12.3 Å². The van der Waals surface area contributed by atoms with Crippen molar-refractivity contribution >= 4 is 26.9 Å². The first-order valence-corrected chi connectivity index (χ1v) is 8.05. The van der Waals surface area contributed by atoms with Crippen molar-refractivity contribution in [3.8, 4) is 0 Å². The zero-order valence-electron chi connectivity index (χ0n) is 11.2. The fraction of sp³-hybridized carbons (Fsp3) is 0.308. The second-order valence-corrected chi connectivity index (χ2v) is 6.60. The maximum atomic E-state index is 11.6. The normalized spacial score (nSPS) is 13.4. The molecule has 0 saturated heterocycles. The minimum atomic E-state index is -3.70. The van der Waals surface area contributed by atoms with E-state index in [9.17, 15) is 13.2 Å². The number of aromatic amines is 1. The van der Waals surface area contributed by atoms with Crippen molar-refractivity contribution in [2.24, 2.45) is 5.73 Å². The van der Waals surface area contributed by atoms with Crippen LogP contribution in [-0.4, -0.2) is 42.8 Å². The predicted molar refractivity (Wildman–Crippen MR) is 79.4 cm³/mol. The Morgan fingerprint density at radius 3 is 2.76 bits per heavy atom. The number of rotatable bonds is 7. The molecule has 2 rings (SSSR count). The molecule has 1 atom stereocenters. The first-order chi connectivity index (χ1) is 9.87. The Kier molecular flexibility index (Phi) is 4.61. The Morgan fingerprint density at radius 2 is 2.10 bits per heavy atom. The number of para-hydroxylation sites is 1. The van der Waals surface area contributed by atoms with E-state index in [4.69, 9.17) is 10.8 Å². The fourth-order valence-corrected chi connectivity index (χ4v) is 3.12. The number of carbonyl (C=O) groups is 1. The number of nitrogens with two attached hydrogens (primary N) is 1. The van der Waals surface area contributed by atoms with Crippen LogP contribution in [0.25, 0.3) is 10.9 Å². The number of aliphatic carboxylic acids is 1. The van der Waals surface area contributed by atoms with E-state index in [-0.39, 0.29) is 6.54 Å². The Morgan fingerprint density at radius 1 is 1.38 bits per heavy atom. The summed E-state index contributed by atoms with van der Waals surface area (Å²) in [6.07, 6.45) is 0.482. The predicted octanol–water partition coefficient (Wildman–Crippen LogP) is 0.0417. The van der Waals surface area contributed by atoms with Crippen molar-refractivity contribution in [1.29, 1.82) is 0 Å². The van der Waals surface area contributed by atoms with E-state index in [0.717, 1.165) is 16.6 Å². The van der Waals surface area contributed by atoms with Gasteiger partial charge in [-0.3, -0.25) is 4.79 Å². The summed E-state index contributed by atoms with van der Waals surface area (Å²) in [5.41, 5.74) is 7.10. The third-order valence-electron chi connectivity index (χ3n) is 3.02. The SMILES string of the molecule is N[C@@H](CS(=O)(=O)NCCc1cc2ccccc2[nH]1)C(=O)O. The molecule has 21 heavy (non-hydrogen) atoms. The lowest BCUT2D eigenvalue weighted by Gasteiger charge is -2.08. The Labute approximate surface area is 122 Å². The van der Waals surface area contributed by atoms with Crippen LogP contribution in [0, 0.1) is 0 Å². The van der Waals surface area contributed by atoms with Gasteiger partial charge < -0.3 is 15.8 Å². The molecule has 0 radical (unpaired) electrons. The zero-order valence-corrected chi connectivity index (χ0v) is 12.1. The minimum absolute atomic E-state index is 0.182. The molecule has 1 aromatic heterocycles. The van der Waals surface area contributed by atoms with E-state index in [1.165, 1.54) is 0 Å². The summed E-state index contributed by atoms with van der Waals surface area (Å²) in [6.45, 7) is 0.182. The van der Waals surface area contributed by atoms with Gasteiger partial charge in [0.15, 0.2) is 0 Å². The van der Waals surface area contributed by atoms with Gasteiger partial charge in [-0.2, -0.15) is 0 Å². The molecule has 0 bridgehead atoms. The molecule has 5 N–H and O–H groups in total. The summed E-state index contributed by atoms with van der Waals surface area (Å²) < 4.78 is 25.6. The van der Waals surface area contributed by atoms with E-state index >= 15 is 0 Å². The maximum absolute atomic E-state index is 11.6. The Balaban J connectivity index is 1.90. The van der Waals surface area contributed by atoms with Crippen LogP contribution in [0.2, 0.25) is 0 Å². The fourth-order valence-electron chi connectivity index (χ4n) is 1.98. The largest absolute Gasteiger partial charge is 0.480 e. The lowest BCUT2D eigenvalue weighted by molar-refractivity contribution is -0.137. The van der Waals surface area contributed by atoms with Gasteiger partial charge in [0.2, 0.25) is 10.0 Å². The van der Waals surface area contributed by atoms with Gasteiger partial charge >= 0.3 is 5.97 Å². The Hall–Kier alpha value is -1.90. The highest BCUT2D eigenvalue weighted by atomic mass is 32.2. The molecule has 0 aliphatic carbocycles. The molecule has 0 amide bonds. The lowest BCUT2D eigenvalue weighted by Crippen LogP contribution is -2.41. The third-order valence-corrected chi connectivity index (χ3v) is 4.46. The molecule has 7 nitrogen and oxygen atoms in total. The lowest BCUT2D eigenvalue weighted by atomic mass is 10.2. The average molecular weight is 311 g/mol. The van der Waals surface area contributed by atoms with Gasteiger partial charge in [-0.25, -0.2) is 13.1 Å². The van der Waals surface area contributed by atoms with Crippen molar-refractivity contribution in [3.05, 3.63) is 36.0 Å². The molecule has 1 heterocycles. The maximum Gasteiger partial charge on any atom is 0.321 e. The number of aromatic nitrogens is 1. The highest BCUT2D eigenvalue weighted by molar-refractivity contribution is 7.89. The molecule has 0 unspecified atom stereocenters. The highest BCUT2D eigenvalue weighted by Gasteiger charge is 2.20. The molecule has 0 aliphatic rings. The van der Waals surface area contributed by atoms with E-state index in [0.29, 0.717) is 6.42 Å². The summed E-state index contributed by atoms with van der Waals surface area (Å²) in [7, 11) is -3.70. The monoisotopic (exact) mass is 311 g/mol. The van der Waals surface area contributed by atoms with Gasteiger partial charge in [-0.1, -0.05) is 18.2 Å². The number of nitrogens with one attached hydrogen (secondary N) is 2. The molecule has 1 aromatic carbocycles. The molecule has 114 valence electrons. The van der Waals surface area contributed by atoms with Crippen LogP contribution in [-0.2, 0) is 21.2 Å². The number of hydrogen-bond donors (Lipinski definition) is 4. The van der Waals surface area contributed by atoms with Crippen LogP contribution in [0.4, 0.5) is 0 Å². The Bertz CT molecular complexity index is 706. The van der Waals surface area contributed by atoms with Gasteiger partial charge in [-0.15, -0.1) is 0 Å². The second kappa shape index (κ2) is 6.25. The summed E-state index contributed by atoms with van der Waals surface area (Å²) in [6, 6.07) is 8.28. The number of hydrogen-bond acceptors (Lipinski definition) is 4. The molecule has 0 fully saturated rings. The first-order valence-electron chi connectivity index (χ1n) is 6.40. The number of carboxylic acids is 1. The topological polar surface area (TPSA) is 125 Å². The van der Waals surface area contributed by atoms with Crippen molar-refractivity contribution in [2.45, 2.75) is 12.5 Å². The van der Waals surface area contributed by atoms with E-state index in [1.54, 1.807) is 0 Å². The van der Waals surface area contributed by atoms with Crippen LogP contribution in [0.1, 0.15) is 5.69 Å². The molecule has 0 aliphatic heterocycles. The van der Waals surface area contributed by atoms with Gasteiger partial charge in [0.25, 0.3) is 0 Å². The van der Waals surface area contributed by atoms with Crippen molar-refractivity contribution in [3.63, 3.8) is 0 Å². The van der Waals surface area contributed by atoms with Crippen molar-refractivity contribution < 1.29 is 18.3 Å². The number of fused-ring (bicyclic) bond motifs is 1. The first kappa shape index (κ1) is 15.5. The summed E-state index contributed by atoms with van der Waals surface area (Å²) >= 11 is 0. The van der Waals surface area contributed by atoms with Crippen LogP contribution >= 0.6 is 0 Å². The van der Waals surface area contributed by atoms with Gasteiger partial charge in [-0.05, 0) is 17.5 Å². The second-order valence-electron chi connectivity index (χ2n) is 4.75. The van der Waals surface area contributed by atoms with Gasteiger partial charge in [0.1, 0.15) is 6.04 Å². The quantitative estimate of drug-likeness (QED) is 0.574. The third kappa shape index (κ3) is 4.28. The van der Waals surface area contributed by atoms with E-state index in [1.807, 2.05) is 30.3 Å². The number of carboxylic acid groups (broad SMARTS) is 1. The van der Waals surface area contributed by atoms with E-state index < -0.39 is 27.8 Å². The summed E-state index contributed by atoms with van der Waals surface area (Å²) in [5.74, 6) is -1.97. The number of benzene rings is 1. The number of H-pyrrole nitrogens is 1. The van der Waals surface area contributed by atoms with Crippen LogP contribution < -0.4 is 10.5 Å². The van der Waals surface area contributed by atoms with Crippen LogP contribution in [0.5, 0.6) is 0 Å². The van der Waals surface area contributed by atoms with Crippen LogP contribution in [0.3, 0.4) is 0 Å². The molecule has 0 spiro atoms. The van der Waals surface area contributed by atoms with Gasteiger partial charge in [0.05, 0.1) is 5.75 Å². The molecular weight excluding hydrogens is 294 g/mol. The molecular formula is C13H17N3O4S. The van der Waals surface area contributed by atoms with Crippen LogP contribution in [0.15, 0.2) is 30.3 Å². The highest BCUT2D eigenvalue weighted by Crippen LogP contribution is 2.14.